The fourth-order valence-corrected chi connectivity index (χ4v) is 2.29. The number of rotatable bonds is 3. The first-order valence-corrected chi connectivity index (χ1v) is 6.11. The van der Waals surface area contributed by atoms with Crippen LogP contribution >= 0.6 is 11.6 Å². The van der Waals surface area contributed by atoms with Crippen LogP contribution < -0.4 is 10.1 Å². The molecule has 94 valence electrons. The minimum absolute atomic E-state index is 0.0904. The molecule has 3 nitrogen and oxygen atoms in total. The average Bonchev–Trinajstić information content (AvgIpc) is 2.31. The van der Waals surface area contributed by atoms with Gasteiger partial charge in [0.25, 0.3) is 0 Å². The Hall–Kier alpha value is -0.930. The van der Waals surface area contributed by atoms with Gasteiger partial charge in [0, 0.05) is 23.2 Å². The first-order valence-electron chi connectivity index (χ1n) is 5.73. The number of benzene rings is 1. The second-order valence-electron chi connectivity index (χ2n) is 5.12. The van der Waals surface area contributed by atoms with Crippen molar-refractivity contribution in [3.8, 4) is 5.75 Å². The van der Waals surface area contributed by atoms with E-state index in [0.717, 1.165) is 12.1 Å². The van der Waals surface area contributed by atoms with Crippen LogP contribution in [0.2, 0.25) is 5.02 Å². The van der Waals surface area contributed by atoms with Gasteiger partial charge in [-0.3, -0.25) is 0 Å². The van der Waals surface area contributed by atoms with Crippen molar-refractivity contribution in [3.63, 3.8) is 0 Å². The van der Waals surface area contributed by atoms with E-state index in [1.54, 1.807) is 7.11 Å². The number of ether oxygens (including phenoxy) is 1. The lowest BCUT2D eigenvalue weighted by molar-refractivity contribution is -0.0510. The molecule has 0 saturated heterocycles. The maximum Gasteiger partial charge on any atom is 0.139 e. The molecule has 2 rings (SSSR count). The quantitative estimate of drug-likeness (QED) is 0.873. The van der Waals surface area contributed by atoms with Crippen molar-refractivity contribution in [3.05, 3.63) is 23.2 Å². The highest BCUT2D eigenvalue weighted by molar-refractivity contribution is 6.32. The van der Waals surface area contributed by atoms with E-state index < -0.39 is 0 Å². The van der Waals surface area contributed by atoms with Gasteiger partial charge in [-0.15, -0.1) is 0 Å². The van der Waals surface area contributed by atoms with Crippen LogP contribution in [0, 0.1) is 5.41 Å². The Kier molecular flexibility index (Phi) is 3.23. The highest BCUT2D eigenvalue weighted by atomic mass is 35.5. The Morgan fingerprint density at radius 2 is 2.18 bits per heavy atom. The van der Waals surface area contributed by atoms with Gasteiger partial charge < -0.3 is 15.2 Å². The standard InChI is InChI=1S/C13H18ClNO2/c1-13(2)11(7-12(13)16)15-8-4-5-9(14)10(6-8)17-3/h4-6,11-12,15-16H,7H2,1-3H3. The number of anilines is 1. The zero-order chi connectivity index (χ0) is 12.6. The van der Waals surface area contributed by atoms with E-state index in [1.165, 1.54) is 0 Å². The van der Waals surface area contributed by atoms with E-state index in [4.69, 9.17) is 16.3 Å². The van der Waals surface area contributed by atoms with E-state index in [2.05, 4.69) is 19.2 Å². The summed E-state index contributed by atoms with van der Waals surface area (Å²) in [6.45, 7) is 4.12. The number of methoxy groups -OCH3 is 1. The van der Waals surface area contributed by atoms with Gasteiger partial charge >= 0.3 is 0 Å². The predicted molar refractivity (Wildman–Crippen MR) is 69.8 cm³/mol. The minimum Gasteiger partial charge on any atom is -0.495 e. The summed E-state index contributed by atoms with van der Waals surface area (Å²) in [6, 6.07) is 5.89. The van der Waals surface area contributed by atoms with Gasteiger partial charge in [-0.25, -0.2) is 0 Å². The smallest absolute Gasteiger partial charge is 0.139 e. The third kappa shape index (κ3) is 2.22. The molecule has 1 saturated carbocycles. The van der Waals surface area contributed by atoms with Crippen molar-refractivity contribution in [2.45, 2.75) is 32.4 Å². The van der Waals surface area contributed by atoms with Gasteiger partial charge in [-0.05, 0) is 18.6 Å². The summed E-state index contributed by atoms with van der Waals surface area (Å²) in [4.78, 5) is 0. The molecule has 0 radical (unpaired) electrons. The number of nitrogens with one attached hydrogen (secondary N) is 1. The van der Waals surface area contributed by atoms with Crippen LogP contribution in [0.1, 0.15) is 20.3 Å². The van der Waals surface area contributed by atoms with E-state index in [1.807, 2.05) is 18.2 Å². The fourth-order valence-electron chi connectivity index (χ4n) is 2.10. The third-order valence-corrected chi connectivity index (χ3v) is 4.02. The molecule has 0 aliphatic heterocycles. The molecule has 2 unspecified atom stereocenters. The molecule has 0 amide bonds. The zero-order valence-electron chi connectivity index (χ0n) is 10.3. The van der Waals surface area contributed by atoms with Crippen LogP contribution in [0.15, 0.2) is 18.2 Å². The second-order valence-corrected chi connectivity index (χ2v) is 5.53. The molecular formula is C13H18ClNO2. The molecule has 1 aliphatic carbocycles. The largest absolute Gasteiger partial charge is 0.495 e. The number of aliphatic hydroxyl groups is 1. The monoisotopic (exact) mass is 255 g/mol. The van der Waals surface area contributed by atoms with E-state index in [9.17, 15) is 5.11 Å². The van der Waals surface area contributed by atoms with Crippen LogP contribution in [-0.2, 0) is 0 Å². The summed E-state index contributed by atoms with van der Waals surface area (Å²) in [5.74, 6) is 0.661. The maximum atomic E-state index is 9.68. The average molecular weight is 256 g/mol. The number of hydrogen-bond acceptors (Lipinski definition) is 3. The van der Waals surface area contributed by atoms with Crippen molar-refractivity contribution >= 4 is 17.3 Å². The molecule has 0 bridgehead atoms. The van der Waals surface area contributed by atoms with Gasteiger partial charge in [0.1, 0.15) is 5.75 Å². The summed E-state index contributed by atoms with van der Waals surface area (Å²) in [5, 5.41) is 13.7. The molecule has 0 spiro atoms. The molecule has 17 heavy (non-hydrogen) atoms. The first-order chi connectivity index (χ1) is 7.95. The Labute approximate surface area is 107 Å². The third-order valence-electron chi connectivity index (χ3n) is 3.71. The molecule has 1 aromatic rings. The van der Waals surface area contributed by atoms with Crippen molar-refractivity contribution in [1.29, 1.82) is 0 Å². The maximum absolute atomic E-state index is 9.68. The first kappa shape index (κ1) is 12.5. The van der Waals surface area contributed by atoms with Gasteiger partial charge in [0.15, 0.2) is 0 Å². The van der Waals surface area contributed by atoms with Crippen LogP contribution in [0.25, 0.3) is 0 Å². The van der Waals surface area contributed by atoms with Gasteiger partial charge in [-0.1, -0.05) is 25.4 Å². The van der Waals surface area contributed by atoms with Crippen molar-refractivity contribution < 1.29 is 9.84 Å². The van der Waals surface area contributed by atoms with Crippen molar-refractivity contribution in [2.24, 2.45) is 5.41 Å². The fraction of sp³-hybridized carbons (Fsp3) is 0.538. The summed E-state index contributed by atoms with van der Waals surface area (Å²) in [6.07, 6.45) is 0.548. The molecule has 1 aromatic carbocycles. The molecule has 2 atom stereocenters. The van der Waals surface area contributed by atoms with Crippen LogP contribution in [0.5, 0.6) is 5.75 Å². The second kappa shape index (κ2) is 4.39. The zero-order valence-corrected chi connectivity index (χ0v) is 11.1. The lowest BCUT2D eigenvalue weighted by atomic mass is 9.64. The molecule has 1 aliphatic rings. The summed E-state index contributed by atoms with van der Waals surface area (Å²) >= 11 is 5.97. The van der Waals surface area contributed by atoms with Crippen LogP contribution in [0.3, 0.4) is 0 Å². The molecule has 2 N–H and O–H groups in total. The number of hydrogen-bond donors (Lipinski definition) is 2. The highest BCUT2D eigenvalue weighted by Gasteiger charge is 2.47. The molecule has 4 heteroatoms. The summed E-state index contributed by atoms with van der Waals surface area (Å²) in [5.41, 5.74) is 0.878. The SMILES string of the molecule is COc1cc(NC2CC(O)C2(C)C)ccc1Cl. The summed E-state index contributed by atoms with van der Waals surface area (Å²) in [7, 11) is 1.60. The highest BCUT2D eigenvalue weighted by Crippen LogP contribution is 2.42. The Morgan fingerprint density at radius 3 is 2.71 bits per heavy atom. The van der Waals surface area contributed by atoms with E-state index >= 15 is 0 Å². The number of aliphatic hydroxyl groups excluding tert-OH is 1. The van der Waals surface area contributed by atoms with E-state index in [-0.39, 0.29) is 17.6 Å². The topological polar surface area (TPSA) is 41.5 Å². The molecule has 0 aromatic heterocycles. The normalized spacial score (nSPS) is 26.2. The van der Waals surface area contributed by atoms with Crippen LogP contribution in [0.4, 0.5) is 5.69 Å². The summed E-state index contributed by atoms with van der Waals surface area (Å²) < 4.78 is 5.17. The predicted octanol–water partition coefficient (Wildman–Crippen LogP) is 2.92. The molecule has 1 fully saturated rings. The number of halogens is 1. The Morgan fingerprint density at radius 1 is 1.47 bits per heavy atom. The molecular weight excluding hydrogens is 238 g/mol. The Bertz CT molecular complexity index is 420. The van der Waals surface area contributed by atoms with Gasteiger partial charge in [0.2, 0.25) is 0 Å². The van der Waals surface area contributed by atoms with Crippen molar-refractivity contribution in [1.82, 2.24) is 0 Å². The minimum atomic E-state index is -0.228. The Balaban J connectivity index is 2.10. The van der Waals surface area contributed by atoms with Gasteiger partial charge in [0.05, 0.1) is 18.2 Å². The van der Waals surface area contributed by atoms with Crippen molar-refractivity contribution in [2.75, 3.05) is 12.4 Å². The lowest BCUT2D eigenvalue weighted by Gasteiger charge is -2.49. The van der Waals surface area contributed by atoms with E-state index in [0.29, 0.717) is 10.8 Å². The molecule has 0 heterocycles. The van der Waals surface area contributed by atoms with Crippen LogP contribution in [-0.4, -0.2) is 24.4 Å². The lowest BCUT2D eigenvalue weighted by Crippen LogP contribution is -2.56. The van der Waals surface area contributed by atoms with Gasteiger partial charge in [-0.2, -0.15) is 0 Å².